The SMILES string of the molecule is CN(CC1CCCOC1)CC(N)C(C)(C)C. The molecule has 1 heterocycles. The first kappa shape index (κ1) is 13.9. The van der Waals surface area contributed by atoms with E-state index >= 15 is 0 Å². The molecule has 0 aromatic heterocycles. The third-order valence-electron chi connectivity index (χ3n) is 3.45. The fraction of sp³-hybridized carbons (Fsp3) is 1.00. The van der Waals surface area contributed by atoms with Gasteiger partial charge in [0.2, 0.25) is 0 Å². The molecular formula is C13H28N2O. The first-order valence-electron chi connectivity index (χ1n) is 6.41. The number of ether oxygens (including phenoxy) is 1. The fourth-order valence-electron chi connectivity index (χ4n) is 2.08. The van der Waals surface area contributed by atoms with Crippen LogP contribution in [-0.2, 0) is 4.74 Å². The Bertz CT molecular complexity index is 195. The molecule has 2 atom stereocenters. The summed E-state index contributed by atoms with van der Waals surface area (Å²) >= 11 is 0. The van der Waals surface area contributed by atoms with Gasteiger partial charge in [0, 0.05) is 25.7 Å². The summed E-state index contributed by atoms with van der Waals surface area (Å²) in [4.78, 5) is 2.36. The third kappa shape index (κ3) is 4.81. The minimum Gasteiger partial charge on any atom is -0.381 e. The van der Waals surface area contributed by atoms with Crippen molar-refractivity contribution in [1.82, 2.24) is 4.90 Å². The fourth-order valence-corrected chi connectivity index (χ4v) is 2.08. The quantitative estimate of drug-likeness (QED) is 0.796. The maximum Gasteiger partial charge on any atom is 0.0506 e. The van der Waals surface area contributed by atoms with Gasteiger partial charge in [0.05, 0.1) is 6.61 Å². The molecule has 96 valence electrons. The zero-order valence-electron chi connectivity index (χ0n) is 11.3. The van der Waals surface area contributed by atoms with E-state index in [-0.39, 0.29) is 11.5 Å². The predicted octanol–water partition coefficient (Wildman–Crippen LogP) is 1.72. The summed E-state index contributed by atoms with van der Waals surface area (Å²) in [6.07, 6.45) is 2.51. The lowest BCUT2D eigenvalue weighted by atomic mass is 9.87. The monoisotopic (exact) mass is 228 g/mol. The van der Waals surface area contributed by atoms with Gasteiger partial charge in [-0.3, -0.25) is 0 Å². The van der Waals surface area contributed by atoms with Crippen molar-refractivity contribution >= 4 is 0 Å². The van der Waals surface area contributed by atoms with Crippen molar-refractivity contribution in [3.8, 4) is 0 Å². The molecule has 0 amide bonds. The molecule has 0 aromatic rings. The van der Waals surface area contributed by atoms with Crippen LogP contribution in [0.2, 0.25) is 0 Å². The van der Waals surface area contributed by atoms with Crippen LogP contribution in [0, 0.1) is 11.3 Å². The molecule has 1 fully saturated rings. The van der Waals surface area contributed by atoms with Crippen LogP contribution in [0.4, 0.5) is 0 Å². The van der Waals surface area contributed by atoms with E-state index in [2.05, 4.69) is 32.7 Å². The van der Waals surface area contributed by atoms with Crippen molar-refractivity contribution in [2.75, 3.05) is 33.4 Å². The Labute approximate surface area is 100 Å². The molecule has 2 N–H and O–H groups in total. The van der Waals surface area contributed by atoms with Gasteiger partial charge in [-0.15, -0.1) is 0 Å². The van der Waals surface area contributed by atoms with Crippen molar-refractivity contribution in [3.63, 3.8) is 0 Å². The van der Waals surface area contributed by atoms with E-state index in [1.165, 1.54) is 12.8 Å². The molecule has 1 aliphatic heterocycles. The summed E-state index contributed by atoms with van der Waals surface area (Å²) in [6, 6.07) is 0.238. The average Bonchev–Trinajstić information content (AvgIpc) is 2.17. The van der Waals surface area contributed by atoms with Gasteiger partial charge in [-0.1, -0.05) is 20.8 Å². The van der Waals surface area contributed by atoms with Gasteiger partial charge in [0.25, 0.3) is 0 Å². The Morgan fingerprint density at radius 1 is 1.44 bits per heavy atom. The van der Waals surface area contributed by atoms with Gasteiger partial charge >= 0.3 is 0 Å². The van der Waals surface area contributed by atoms with Gasteiger partial charge in [-0.25, -0.2) is 0 Å². The number of hydrogen-bond donors (Lipinski definition) is 1. The number of likely N-dealkylation sites (N-methyl/N-ethyl adjacent to an activating group) is 1. The molecule has 0 bridgehead atoms. The summed E-state index contributed by atoms with van der Waals surface area (Å²) in [5, 5.41) is 0. The number of rotatable bonds is 4. The molecule has 0 saturated carbocycles. The van der Waals surface area contributed by atoms with Crippen LogP contribution < -0.4 is 5.73 Å². The lowest BCUT2D eigenvalue weighted by Crippen LogP contribution is -2.45. The molecule has 16 heavy (non-hydrogen) atoms. The summed E-state index contributed by atoms with van der Waals surface area (Å²) in [6.45, 7) is 10.6. The molecule has 0 spiro atoms. The van der Waals surface area contributed by atoms with Gasteiger partial charge < -0.3 is 15.4 Å². The minimum atomic E-state index is 0.192. The first-order chi connectivity index (χ1) is 7.39. The highest BCUT2D eigenvalue weighted by Gasteiger charge is 2.23. The number of nitrogens with two attached hydrogens (primary N) is 1. The lowest BCUT2D eigenvalue weighted by Gasteiger charge is -2.33. The Hall–Kier alpha value is -0.120. The molecule has 0 aromatic carbocycles. The first-order valence-corrected chi connectivity index (χ1v) is 6.41. The van der Waals surface area contributed by atoms with Crippen LogP contribution in [0.15, 0.2) is 0 Å². The highest BCUT2D eigenvalue weighted by molar-refractivity contribution is 4.80. The van der Waals surface area contributed by atoms with Crippen molar-refractivity contribution in [1.29, 1.82) is 0 Å². The molecule has 1 saturated heterocycles. The maximum atomic E-state index is 6.18. The second-order valence-electron chi connectivity index (χ2n) is 6.28. The van der Waals surface area contributed by atoms with Gasteiger partial charge in [0.1, 0.15) is 0 Å². The van der Waals surface area contributed by atoms with Crippen LogP contribution >= 0.6 is 0 Å². The maximum absolute atomic E-state index is 6.18. The molecule has 3 nitrogen and oxygen atoms in total. The molecule has 1 aliphatic rings. The van der Waals surface area contributed by atoms with Crippen molar-refractivity contribution in [2.24, 2.45) is 17.1 Å². The summed E-state index contributed by atoms with van der Waals surface area (Å²) in [5.41, 5.74) is 6.38. The normalized spacial score (nSPS) is 24.8. The van der Waals surface area contributed by atoms with Gasteiger partial charge in [-0.05, 0) is 31.2 Å². The van der Waals surface area contributed by atoms with E-state index in [1.807, 2.05) is 0 Å². The largest absolute Gasteiger partial charge is 0.381 e. The summed E-state index contributed by atoms with van der Waals surface area (Å²) in [5.74, 6) is 0.700. The molecule has 0 radical (unpaired) electrons. The Kier molecular flexibility index (Phi) is 5.22. The molecule has 2 unspecified atom stereocenters. The Morgan fingerprint density at radius 3 is 2.62 bits per heavy atom. The van der Waals surface area contributed by atoms with Crippen LogP contribution in [0.1, 0.15) is 33.6 Å². The highest BCUT2D eigenvalue weighted by Crippen LogP contribution is 2.19. The summed E-state index contributed by atoms with van der Waals surface area (Å²) in [7, 11) is 2.17. The third-order valence-corrected chi connectivity index (χ3v) is 3.45. The smallest absolute Gasteiger partial charge is 0.0506 e. The predicted molar refractivity (Wildman–Crippen MR) is 68.5 cm³/mol. The Balaban J connectivity index is 2.26. The highest BCUT2D eigenvalue weighted by atomic mass is 16.5. The number of hydrogen-bond acceptors (Lipinski definition) is 3. The van der Waals surface area contributed by atoms with E-state index in [1.54, 1.807) is 0 Å². The van der Waals surface area contributed by atoms with E-state index in [4.69, 9.17) is 10.5 Å². The van der Waals surface area contributed by atoms with E-state index in [0.717, 1.165) is 26.3 Å². The van der Waals surface area contributed by atoms with Crippen molar-refractivity contribution in [2.45, 2.75) is 39.7 Å². The lowest BCUT2D eigenvalue weighted by molar-refractivity contribution is 0.0398. The van der Waals surface area contributed by atoms with E-state index < -0.39 is 0 Å². The van der Waals surface area contributed by atoms with Crippen LogP contribution in [0.25, 0.3) is 0 Å². The van der Waals surface area contributed by atoms with E-state index in [0.29, 0.717) is 5.92 Å². The second-order valence-corrected chi connectivity index (χ2v) is 6.28. The number of nitrogens with zero attached hydrogens (tertiary/aromatic N) is 1. The molecule has 1 rings (SSSR count). The van der Waals surface area contributed by atoms with Gasteiger partial charge in [0.15, 0.2) is 0 Å². The van der Waals surface area contributed by atoms with E-state index in [9.17, 15) is 0 Å². The topological polar surface area (TPSA) is 38.5 Å². The second kappa shape index (κ2) is 5.99. The van der Waals surface area contributed by atoms with Gasteiger partial charge in [-0.2, -0.15) is 0 Å². The zero-order valence-corrected chi connectivity index (χ0v) is 11.3. The van der Waals surface area contributed by atoms with Crippen molar-refractivity contribution < 1.29 is 4.74 Å². The zero-order chi connectivity index (χ0) is 12.2. The molecule has 0 aliphatic carbocycles. The molecule has 3 heteroatoms. The Morgan fingerprint density at radius 2 is 2.12 bits per heavy atom. The molecular weight excluding hydrogens is 200 g/mol. The average molecular weight is 228 g/mol. The van der Waals surface area contributed by atoms with Crippen LogP contribution in [0.5, 0.6) is 0 Å². The standard InChI is InChI=1S/C13H28N2O/c1-13(2,3)12(14)9-15(4)8-11-6-5-7-16-10-11/h11-12H,5-10,14H2,1-4H3. The van der Waals surface area contributed by atoms with Crippen molar-refractivity contribution in [3.05, 3.63) is 0 Å². The summed E-state index contributed by atoms with van der Waals surface area (Å²) < 4.78 is 5.50. The van der Waals surface area contributed by atoms with Crippen LogP contribution in [-0.4, -0.2) is 44.3 Å². The minimum absolute atomic E-state index is 0.192. The van der Waals surface area contributed by atoms with Crippen LogP contribution in [0.3, 0.4) is 0 Å².